The third kappa shape index (κ3) is 6.96. The molecule has 1 aromatic heterocycles. The number of hydrogen-bond acceptors (Lipinski definition) is 3. The van der Waals surface area contributed by atoms with Gasteiger partial charge in [-0.2, -0.15) is 18.3 Å². The van der Waals surface area contributed by atoms with E-state index in [9.17, 15) is 18.0 Å². The molecular formula is C20H25ClF3N3O2. The van der Waals surface area contributed by atoms with Crippen molar-refractivity contribution < 1.29 is 22.7 Å². The quantitative estimate of drug-likeness (QED) is 0.615. The van der Waals surface area contributed by atoms with Gasteiger partial charge in [-0.05, 0) is 49.9 Å². The summed E-state index contributed by atoms with van der Waals surface area (Å²) in [5.41, 5.74) is 2.99. The summed E-state index contributed by atoms with van der Waals surface area (Å²) < 4.78 is 44.0. The van der Waals surface area contributed by atoms with Gasteiger partial charge in [0.1, 0.15) is 5.75 Å². The summed E-state index contributed by atoms with van der Waals surface area (Å²) in [6, 6.07) is 4.06. The maximum absolute atomic E-state index is 12.4. The summed E-state index contributed by atoms with van der Waals surface area (Å²) in [6.07, 6.45) is -3.85. The number of nitrogens with zero attached hydrogens (tertiary/aromatic N) is 2. The largest absolute Gasteiger partial charge is 0.482 e. The number of rotatable bonds is 8. The average Bonchev–Trinajstić information content (AvgIpc) is 2.84. The number of anilines is 1. The Hall–Kier alpha value is -2.22. The van der Waals surface area contributed by atoms with Crippen LogP contribution in [-0.2, 0) is 17.8 Å². The van der Waals surface area contributed by atoms with Gasteiger partial charge in [-0.15, -0.1) is 0 Å². The molecule has 0 unspecified atom stereocenters. The van der Waals surface area contributed by atoms with Gasteiger partial charge in [-0.25, -0.2) is 0 Å². The van der Waals surface area contributed by atoms with Crippen molar-refractivity contribution in [2.45, 2.75) is 53.3 Å². The highest BCUT2D eigenvalue weighted by Crippen LogP contribution is 2.30. The van der Waals surface area contributed by atoms with Gasteiger partial charge in [-0.1, -0.05) is 25.4 Å². The Kier molecular flexibility index (Phi) is 7.57. The number of benzene rings is 1. The molecule has 0 aliphatic carbocycles. The normalized spacial score (nSPS) is 11.8. The van der Waals surface area contributed by atoms with Crippen LogP contribution in [0.15, 0.2) is 18.2 Å². The Morgan fingerprint density at radius 1 is 1.31 bits per heavy atom. The Morgan fingerprint density at radius 3 is 2.62 bits per heavy atom. The van der Waals surface area contributed by atoms with Crippen LogP contribution < -0.4 is 10.1 Å². The lowest BCUT2D eigenvalue weighted by Crippen LogP contribution is -2.20. The van der Waals surface area contributed by atoms with Crippen molar-refractivity contribution in [3.8, 4) is 5.75 Å². The molecule has 0 radical (unpaired) electrons. The predicted octanol–water partition coefficient (Wildman–Crippen LogP) is 5.32. The monoisotopic (exact) mass is 431 g/mol. The number of alkyl halides is 3. The van der Waals surface area contributed by atoms with E-state index in [1.165, 1.54) is 18.2 Å². The summed E-state index contributed by atoms with van der Waals surface area (Å²) in [4.78, 5) is 12.4. The Bertz CT molecular complexity index is 863. The molecular weight excluding hydrogens is 407 g/mol. The molecule has 160 valence electrons. The Labute approximate surface area is 173 Å². The van der Waals surface area contributed by atoms with Crippen molar-refractivity contribution >= 4 is 23.2 Å². The summed E-state index contributed by atoms with van der Waals surface area (Å²) in [5.74, 6) is 0.0128. The fourth-order valence-electron chi connectivity index (χ4n) is 2.96. The molecule has 9 heteroatoms. The molecule has 0 saturated heterocycles. The lowest BCUT2D eigenvalue weighted by atomic mass is 10.1. The summed E-state index contributed by atoms with van der Waals surface area (Å²) >= 11 is 5.91. The number of hydrogen-bond donors (Lipinski definition) is 1. The first-order chi connectivity index (χ1) is 13.5. The number of amides is 1. The van der Waals surface area contributed by atoms with Crippen LogP contribution in [0.25, 0.3) is 0 Å². The van der Waals surface area contributed by atoms with Gasteiger partial charge in [0.25, 0.3) is 0 Å². The highest BCUT2D eigenvalue weighted by Gasteiger charge is 2.29. The summed E-state index contributed by atoms with van der Waals surface area (Å²) in [6.45, 7) is 7.42. The van der Waals surface area contributed by atoms with E-state index in [1.807, 2.05) is 18.5 Å². The number of nitrogens with one attached hydrogen (secondary N) is 1. The number of ether oxygens (including phenoxy) is 1. The molecule has 1 heterocycles. The lowest BCUT2D eigenvalue weighted by Gasteiger charge is -2.14. The third-order valence-electron chi connectivity index (χ3n) is 4.28. The molecule has 0 aliphatic heterocycles. The van der Waals surface area contributed by atoms with E-state index in [-0.39, 0.29) is 28.8 Å². The number of carbonyl (C=O) groups is 1. The maximum atomic E-state index is 12.4. The van der Waals surface area contributed by atoms with Crippen LogP contribution in [-0.4, -0.2) is 28.5 Å². The van der Waals surface area contributed by atoms with Gasteiger partial charge in [0.05, 0.1) is 11.4 Å². The van der Waals surface area contributed by atoms with Crippen molar-refractivity contribution in [1.82, 2.24) is 9.78 Å². The van der Waals surface area contributed by atoms with Crippen LogP contribution >= 0.6 is 11.6 Å². The van der Waals surface area contributed by atoms with Gasteiger partial charge in [0.15, 0.2) is 6.61 Å². The Balaban J connectivity index is 2.05. The van der Waals surface area contributed by atoms with E-state index in [0.717, 1.165) is 23.5 Å². The Morgan fingerprint density at radius 2 is 2.00 bits per heavy atom. The first kappa shape index (κ1) is 23.1. The molecule has 5 nitrogen and oxygen atoms in total. The topological polar surface area (TPSA) is 56.2 Å². The molecule has 1 aromatic carbocycles. The maximum Gasteiger partial charge on any atom is 0.422 e. The minimum Gasteiger partial charge on any atom is -0.482 e. The molecule has 0 spiro atoms. The van der Waals surface area contributed by atoms with E-state index >= 15 is 0 Å². The van der Waals surface area contributed by atoms with Gasteiger partial charge < -0.3 is 10.1 Å². The van der Waals surface area contributed by atoms with Crippen molar-refractivity contribution in [3.63, 3.8) is 0 Å². The molecule has 0 aliphatic rings. The molecule has 0 bridgehead atoms. The second-order valence-electron chi connectivity index (χ2n) is 7.32. The molecule has 0 fully saturated rings. The van der Waals surface area contributed by atoms with Crippen molar-refractivity contribution in [1.29, 1.82) is 0 Å². The zero-order valence-electron chi connectivity index (χ0n) is 16.9. The molecule has 2 aromatic rings. The van der Waals surface area contributed by atoms with E-state index in [1.54, 1.807) is 0 Å². The van der Waals surface area contributed by atoms with Crippen molar-refractivity contribution in [3.05, 3.63) is 40.2 Å². The highest BCUT2D eigenvalue weighted by molar-refractivity contribution is 6.31. The molecule has 29 heavy (non-hydrogen) atoms. The average molecular weight is 432 g/mol. The van der Waals surface area contributed by atoms with Crippen LogP contribution in [0.1, 0.15) is 37.2 Å². The zero-order chi connectivity index (χ0) is 21.8. The molecule has 0 saturated carbocycles. The highest BCUT2D eigenvalue weighted by atomic mass is 35.5. The number of aryl methyl sites for hydroxylation is 1. The SMILES string of the molecule is Cc1nn(CC(C)C)c(C)c1CCC(=O)Nc1cc(Cl)ccc1OCC(F)(F)F. The van der Waals surface area contributed by atoms with E-state index in [4.69, 9.17) is 16.3 Å². The zero-order valence-corrected chi connectivity index (χ0v) is 17.6. The first-order valence-corrected chi connectivity index (χ1v) is 9.66. The van der Waals surface area contributed by atoms with Crippen LogP contribution in [0.4, 0.5) is 18.9 Å². The molecule has 1 N–H and O–H groups in total. The second-order valence-corrected chi connectivity index (χ2v) is 7.75. The van der Waals surface area contributed by atoms with Gasteiger partial charge >= 0.3 is 6.18 Å². The third-order valence-corrected chi connectivity index (χ3v) is 4.51. The number of aromatic nitrogens is 2. The second kappa shape index (κ2) is 9.52. The molecule has 1 amide bonds. The minimum atomic E-state index is -4.48. The molecule has 0 atom stereocenters. The van der Waals surface area contributed by atoms with Crippen LogP contribution in [0.2, 0.25) is 5.02 Å². The number of halogens is 4. The van der Waals surface area contributed by atoms with Crippen LogP contribution in [0.3, 0.4) is 0 Å². The predicted molar refractivity (Wildman–Crippen MR) is 106 cm³/mol. The molecule has 2 rings (SSSR count). The fourth-order valence-corrected chi connectivity index (χ4v) is 3.13. The van der Waals surface area contributed by atoms with Crippen molar-refractivity contribution in [2.24, 2.45) is 5.92 Å². The summed E-state index contributed by atoms with van der Waals surface area (Å²) in [5, 5.41) is 7.40. The van der Waals surface area contributed by atoms with Gasteiger partial charge in [0, 0.05) is 23.7 Å². The van der Waals surface area contributed by atoms with Gasteiger partial charge in [0.2, 0.25) is 5.91 Å². The van der Waals surface area contributed by atoms with Crippen LogP contribution in [0.5, 0.6) is 5.75 Å². The van der Waals surface area contributed by atoms with Gasteiger partial charge in [-0.3, -0.25) is 9.48 Å². The number of carbonyl (C=O) groups excluding carboxylic acids is 1. The van der Waals surface area contributed by atoms with Crippen LogP contribution in [0, 0.1) is 19.8 Å². The van der Waals surface area contributed by atoms with E-state index in [0.29, 0.717) is 12.3 Å². The van der Waals surface area contributed by atoms with Crippen molar-refractivity contribution in [2.75, 3.05) is 11.9 Å². The first-order valence-electron chi connectivity index (χ1n) is 9.28. The minimum absolute atomic E-state index is 0.0859. The van der Waals surface area contributed by atoms with E-state index in [2.05, 4.69) is 24.3 Å². The smallest absolute Gasteiger partial charge is 0.422 e. The standard InChI is InChI=1S/C20H25ClF3N3O2/c1-12(2)10-27-14(4)16(13(3)26-27)6-8-19(28)25-17-9-15(21)5-7-18(17)29-11-20(22,23)24/h5,7,9,12H,6,8,10-11H2,1-4H3,(H,25,28). The fraction of sp³-hybridized carbons (Fsp3) is 0.500. The van der Waals surface area contributed by atoms with E-state index < -0.39 is 12.8 Å². The lowest BCUT2D eigenvalue weighted by molar-refractivity contribution is -0.153. The summed E-state index contributed by atoms with van der Waals surface area (Å²) in [7, 11) is 0.